The molecule has 1 fully saturated rings. The van der Waals surface area contributed by atoms with Gasteiger partial charge in [-0.15, -0.1) is 11.8 Å². The van der Waals surface area contributed by atoms with Crippen molar-refractivity contribution in [3.8, 4) is 11.8 Å². The molecule has 3 aromatic carbocycles. The summed E-state index contributed by atoms with van der Waals surface area (Å²) >= 11 is 0. The highest BCUT2D eigenvalue weighted by atomic mass is 16.5. The van der Waals surface area contributed by atoms with Gasteiger partial charge in [0.2, 0.25) is 11.8 Å². The Balaban J connectivity index is 1.23. The number of para-hydroxylation sites is 1. The Morgan fingerprint density at radius 3 is 2.31 bits per heavy atom. The molecular weight excluding hydrogens is 448 g/mol. The maximum atomic E-state index is 13.9. The molecule has 0 saturated carbocycles. The van der Waals surface area contributed by atoms with Gasteiger partial charge in [0.05, 0.1) is 19.8 Å². The minimum atomic E-state index is -0.872. The third-order valence-corrected chi connectivity index (χ3v) is 7.04. The average Bonchev–Trinajstić information content (AvgIpc) is 3.36. The van der Waals surface area contributed by atoms with E-state index in [4.69, 9.17) is 4.74 Å². The van der Waals surface area contributed by atoms with Crippen LogP contribution in [-0.4, -0.2) is 29.4 Å². The number of benzene rings is 3. The minimum absolute atomic E-state index is 0.110. The van der Waals surface area contributed by atoms with E-state index in [1.807, 2.05) is 84.9 Å². The molecule has 0 bridgehead atoms. The van der Waals surface area contributed by atoms with Gasteiger partial charge in [-0.1, -0.05) is 78.9 Å². The fourth-order valence-electron chi connectivity index (χ4n) is 5.27. The first-order chi connectivity index (χ1) is 17.7. The van der Waals surface area contributed by atoms with Gasteiger partial charge < -0.3 is 10.1 Å². The van der Waals surface area contributed by atoms with Gasteiger partial charge in [-0.05, 0) is 29.2 Å². The van der Waals surface area contributed by atoms with Gasteiger partial charge in [0, 0.05) is 31.0 Å². The monoisotopic (exact) mass is 478 g/mol. The van der Waals surface area contributed by atoms with Crippen LogP contribution in [-0.2, 0) is 32.9 Å². The second-order valence-electron chi connectivity index (χ2n) is 9.34. The van der Waals surface area contributed by atoms with E-state index in [-0.39, 0.29) is 24.3 Å². The Labute approximate surface area is 212 Å². The number of hydrogen-bond acceptors (Lipinski definition) is 4. The summed E-state index contributed by atoms with van der Waals surface area (Å²) in [5.74, 6) is 6.21. The second-order valence-corrected chi connectivity index (χ2v) is 9.34. The SMILES string of the molecule is O=C1C[C@@]2(C(=O)N1Cc1ccccc1)c1ccccc1N[C@H]2CCC#CCCOCc1ccccc1. The summed E-state index contributed by atoms with van der Waals surface area (Å²) in [6, 6.07) is 27.5. The molecule has 0 aromatic heterocycles. The van der Waals surface area contributed by atoms with Gasteiger partial charge >= 0.3 is 0 Å². The lowest BCUT2D eigenvalue weighted by molar-refractivity contribution is -0.140. The number of imide groups is 1. The summed E-state index contributed by atoms with van der Waals surface area (Å²) in [6.45, 7) is 1.48. The van der Waals surface area contributed by atoms with Crippen LogP contribution in [0.25, 0.3) is 0 Å². The first-order valence-corrected chi connectivity index (χ1v) is 12.5. The van der Waals surface area contributed by atoms with Crippen molar-refractivity contribution in [3.63, 3.8) is 0 Å². The third-order valence-electron chi connectivity index (χ3n) is 7.04. The van der Waals surface area contributed by atoms with Gasteiger partial charge in [-0.3, -0.25) is 14.5 Å². The molecule has 0 aliphatic carbocycles. The van der Waals surface area contributed by atoms with Crippen molar-refractivity contribution in [1.29, 1.82) is 0 Å². The van der Waals surface area contributed by atoms with E-state index < -0.39 is 5.41 Å². The summed E-state index contributed by atoms with van der Waals surface area (Å²) < 4.78 is 5.70. The van der Waals surface area contributed by atoms with Gasteiger partial charge in [0.25, 0.3) is 0 Å². The molecule has 3 aromatic rings. The van der Waals surface area contributed by atoms with Crippen LogP contribution >= 0.6 is 0 Å². The molecule has 5 nitrogen and oxygen atoms in total. The summed E-state index contributed by atoms with van der Waals surface area (Å²) in [7, 11) is 0. The third kappa shape index (κ3) is 4.78. The van der Waals surface area contributed by atoms with E-state index in [0.29, 0.717) is 39.0 Å². The number of nitrogens with one attached hydrogen (secondary N) is 1. The molecule has 0 unspecified atom stereocenters. The zero-order chi connectivity index (χ0) is 24.8. The summed E-state index contributed by atoms with van der Waals surface area (Å²) in [5, 5.41) is 3.54. The van der Waals surface area contributed by atoms with Crippen molar-refractivity contribution < 1.29 is 14.3 Å². The second kappa shape index (κ2) is 10.8. The molecular formula is C31H30N2O3. The standard InChI is InChI=1S/C31H30N2O3/c34-29-21-31(30(35)33(29)22-24-13-5-3-6-14-24)26-17-10-11-18-27(26)32-28(31)19-9-1-2-12-20-36-23-25-15-7-4-8-16-25/h3-8,10-11,13-18,28,32H,9,12,19-23H2/t28-,31+/m0/s1. The molecule has 0 radical (unpaired) electrons. The highest BCUT2D eigenvalue weighted by Crippen LogP contribution is 2.49. The van der Waals surface area contributed by atoms with Crippen LogP contribution in [0.15, 0.2) is 84.9 Å². The first-order valence-electron chi connectivity index (χ1n) is 12.5. The molecule has 2 aliphatic rings. The van der Waals surface area contributed by atoms with E-state index in [1.165, 1.54) is 4.90 Å². The van der Waals surface area contributed by atoms with Crippen LogP contribution in [0.3, 0.4) is 0 Å². The number of rotatable bonds is 8. The number of carbonyl (C=O) groups is 2. The quantitative estimate of drug-likeness (QED) is 0.279. The normalized spacial score (nSPS) is 20.2. The molecule has 5 rings (SSSR count). The van der Waals surface area contributed by atoms with Crippen LogP contribution in [0, 0.1) is 11.8 Å². The largest absolute Gasteiger partial charge is 0.381 e. The zero-order valence-corrected chi connectivity index (χ0v) is 20.3. The van der Waals surface area contributed by atoms with Crippen molar-refractivity contribution in [1.82, 2.24) is 4.90 Å². The first kappa shape index (κ1) is 23.8. The van der Waals surface area contributed by atoms with Crippen LogP contribution in [0.2, 0.25) is 0 Å². The molecule has 2 amide bonds. The fraction of sp³-hybridized carbons (Fsp3) is 0.290. The van der Waals surface area contributed by atoms with E-state index >= 15 is 0 Å². The van der Waals surface area contributed by atoms with Crippen LogP contribution in [0.5, 0.6) is 0 Å². The molecule has 5 heteroatoms. The number of ether oxygens (including phenoxy) is 1. The van der Waals surface area contributed by atoms with Crippen molar-refractivity contribution in [2.24, 2.45) is 0 Å². The van der Waals surface area contributed by atoms with Gasteiger partial charge in [-0.25, -0.2) is 0 Å². The summed E-state index contributed by atoms with van der Waals surface area (Å²) in [5.41, 5.74) is 3.09. The molecule has 2 heterocycles. The molecule has 1 N–H and O–H groups in total. The number of likely N-dealkylation sites (tertiary alicyclic amines) is 1. The summed E-state index contributed by atoms with van der Waals surface area (Å²) in [4.78, 5) is 28.4. The molecule has 2 atom stereocenters. The maximum Gasteiger partial charge on any atom is 0.242 e. The van der Waals surface area contributed by atoms with Crippen LogP contribution < -0.4 is 5.32 Å². The number of amides is 2. The van der Waals surface area contributed by atoms with Crippen molar-refractivity contribution in [3.05, 3.63) is 102 Å². The Kier molecular flexibility index (Phi) is 7.16. The van der Waals surface area contributed by atoms with E-state index in [2.05, 4.69) is 17.2 Å². The van der Waals surface area contributed by atoms with E-state index in [0.717, 1.165) is 22.4 Å². The highest BCUT2D eigenvalue weighted by Gasteiger charge is 2.60. The molecule has 182 valence electrons. The number of nitrogens with zero attached hydrogens (tertiary/aromatic N) is 1. The van der Waals surface area contributed by atoms with Crippen LogP contribution in [0.1, 0.15) is 42.4 Å². The Bertz CT molecular complexity index is 1280. The van der Waals surface area contributed by atoms with Crippen molar-refractivity contribution >= 4 is 17.5 Å². The fourth-order valence-corrected chi connectivity index (χ4v) is 5.27. The predicted molar refractivity (Wildman–Crippen MR) is 140 cm³/mol. The predicted octanol–water partition coefficient (Wildman–Crippen LogP) is 5.07. The Morgan fingerprint density at radius 2 is 1.53 bits per heavy atom. The molecule has 2 aliphatic heterocycles. The lowest BCUT2D eigenvalue weighted by Gasteiger charge is -2.29. The van der Waals surface area contributed by atoms with Crippen molar-refractivity contribution in [2.45, 2.75) is 50.3 Å². The maximum absolute atomic E-state index is 13.9. The average molecular weight is 479 g/mol. The lowest BCUT2D eigenvalue weighted by Crippen LogP contribution is -2.46. The molecule has 1 saturated heterocycles. The Morgan fingerprint density at radius 1 is 0.861 bits per heavy atom. The van der Waals surface area contributed by atoms with Gasteiger partial charge in [-0.2, -0.15) is 0 Å². The van der Waals surface area contributed by atoms with Gasteiger partial charge in [0.1, 0.15) is 5.41 Å². The zero-order valence-electron chi connectivity index (χ0n) is 20.3. The molecule has 1 spiro atoms. The van der Waals surface area contributed by atoms with Crippen molar-refractivity contribution in [2.75, 3.05) is 11.9 Å². The number of fused-ring (bicyclic) bond motifs is 2. The summed E-state index contributed by atoms with van der Waals surface area (Å²) in [6.07, 6.45) is 2.18. The number of hydrogen-bond donors (Lipinski definition) is 1. The van der Waals surface area contributed by atoms with E-state index in [9.17, 15) is 9.59 Å². The Hall–Kier alpha value is -3.88. The number of anilines is 1. The van der Waals surface area contributed by atoms with Crippen LogP contribution in [0.4, 0.5) is 5.69 Å². The molecule has 36 heavy (non-hydrogen) atoms. The minimum Gasteiger partial charge on any atom is -0.381 e. The highest BCUT2D eigenvalue weighted by molar-refractivity contribution is 6.11. The van der Waals surface area contributed by atoms with Gasteiger partial charge in [0.15, 0.2) is 0 Å². The smallest absolute Gasteiger partial charge is 0.242 e. The van der Waals surface area contributed by atoms with E-state index in [1.54, 1.807) is 0 Å². The lowest BCUT2D eigenvalue weighted by atomic mass is 9.73. The number of carbonyl (C=O) groups excluding carboxylic acids is 2. The topological polar surface area (TPSA) is 58.6 Å².